The van der Waals surface area contributed by atoms with Crippen LogP contribution >= 0.6 is 11.6 Å². The van der Waals surface area contributed by atoms with Gasteiger partial charge in [0.1, 0.15) is 0 Å². The fraction of sp³-hybridized carbons (Fsp3) is 0.667. The Morgan fingerprint density at radius 3 is 2.88 bits per heavy atom. The van der Waals surface area contributed by atoms with Gasteiger partial charge in [0.15, 0.2) is 0 Å². The Morgan fingerprint density at radius 2 is 2.50 bits per heavy atom. The van der Waals surface area contributed by atoms with E-state index in [1.54, 1.807) is 0 Å². The maximum absolute atomic E-state index is 9.97. The molecule has 0 bridgehead atoms. The maximum Gasteiger partial charge on any atom is 0.221 e. The quantitative estimate of drug-likeness (QED) is 0.206. The molecule has 0 aliphatic rings. The molecule has 0 aromatic heterocycles. The predicted octanol–water partition coefficient (Wildman–Crippen LogP) is 0.134. The van der Waals surface area contributed by atoms with Gasteiger partial charge in [0.05, 0.1) is 0 Å². The SMILES string of the molecule is O=C(Cl)CC[SiH2]OO. The smallest absolute Gasteiger partial charge is 0.221 e. The Bertz CT molecular complexity index is 76.9. The Balaban J connectivity index is 2.82. The van der Waals surface area contributed by atoms with Crippen molar-refractivity contribution in [2.24, 2.45) is 0 Å². The zero-order chi connectivity index (χ0) is 6.41. The van der Waals surface area contributed by atoms with E-state index in [1.807, 2.05) is 0 Å². The van der Waals surface area contributed by atoms with E-state index in [4.69, 9.17) is 16.9 Å². The average Bonchev–Trinajstić information content (AvgIpc) is 1.66. The van der Waals surface area contributed by atoms with Crippen molar-refractivity contribution < 1.29 is 14.6 Å². The number of halogens is 1. The zero-order valence-electron chi connectivity index (χ0n) is 4.26. The normalized spacial score (nSPS) is 10.8. The van der Waals surface area contributed by atoms with E-state index in [0.29, 0.717) is 12.5 Å². The summed E-state index contributed by atoms with van der Waals surface area (Å²) >= 11 is 4.96. The molecule has 0 aromatic rings. The molecule has 8 heavy (non-hydrogen) atoms. The second-order valence-electron chi connectivity index (χ2n) is 1.29. The topological polar surface area (TPSA) is 46.5 Å². The van der Waals surface area contributed by atoms with Gasteiger partial charge in [-0.05, 0) is 17.6 Å². The highest BCUT2D eigenvalue weighted by Gasteiger charge is 1.94. The number of carbonyl (C=O) groups excluding carboxylic acids is 1. The van der Waals surface area contributed by atoms with Crippen LogP contribution in [0.1, 0.15) is 6.42 Å². The van der Waals surface area contributed by atoms with Crippen molar-refractivity contribution >= 4 is 26.6 Å². The van der Waals surface area contributed by atoms with Gasteiger partial charge in [-0.1, -0.05) is 0 Å². The summed E-state index contributed by atoms with van der Waals surface area (Å²) in [6.45, 7) is 0. The predicted molar refractivity (Wildman–Crippen MR) is 32.5 cm³/mol. The van der Waals surface area contributed by atoms with Gasteiger partial charge in [-0.25, -0.2) is 0 Å². The summed E-state index contributed by atoms with van der Waals surface area (Å²) < 4.78 is 3.82. The van der Waals surface area contributed by atoms with Gasteiger partial charge >= 0.3 is 0 Å². The highest BCUT2D eigenvalue weighted by molar-refractivity contribution is 6.63. The van der Waals surface area contributed by atoms with E-state index in [9.17, 15) is 4.79 Å². The van der Waals surface area contributed by atoms with Crippen molar-refractivity contribution in [3.63, 3.8) is 0 Å². The highest BCUT2D eigenvalue weighted by Crippen LogP contribution is 1.93. The Kier molecular flexibility index (Phi) is 5.30. The first-order chi connectivity index (χ1) is 3.77. The van der Waals surface area contributed by atoms with Gasteiger partial charge in [0.2, 0.25) is 15.0 Å². The average molecular weight is 155 g/mol. The van der Waals surface area contributed by atoms with E-state index in [-0.39, 0.29) is 5.24 Å². The van der Waals surface area contributed by atoms with E-state index >= 15 is 0 Å². The van der Waals surface area contributed by atoms with Gasteiger partial charge in [0.25, 0.3) is 0 Å². The van der Waals surface area contributed by atoms with Gasteiger partial charge in [-0.2, -0.15) is 0 Å². The third-order valence-electron chi connectivity index (χ3n) is 0.609. The summed E-state index contributed by atoms with van der Waals surface area (Å²) in [5.74, 6) is 0. The molecule has 5 heteroatoms. The molecule has 0 saturated carbocycles. The molecule has 0 unspecified atom stereocenters. The first kappa shape index (κ1) is 8.10. The van der Waals surface area contributed by atoms with Gasteiger partial charge < -0.3 is 0 Å². The lowest BCUT2D eigenvalue weighted by Gasteiger charge is -1.88. The minimum Gasteiger partial charge on any atom is -0.297 e. The molecule has 0 saturated heterocycles. The monoisotopic (exact) mass is 154 g/mol. The Labute approximate surface area is 54.5 Å². The third-order valence-corrected chi connectivity index (χ3v) is 1.62. The first-order valence-electron chi connectivity index (χ1n) is 2.22. The molecule has 48 valence electrons. The van der Waals surface area contributed by atoms with Crippen LogP contribution in [0.4, 0.5) is 0 Å². The van der Waals surface area contributed by atoms with Crippen LogP contribution < -0.4 is 0 Å². The number of hydrogen-bond acceptors (Lipinski definition) is 3. The third kappa shape index (κ3) is 6.10. The Hall–Kier alpha value is 0.0969. The van der Waals surface area contributed by atoms with Gasteiger partial charge in [-0.3, -0.25) is 14.6 Å². The first-order valence-corrected chi connectivity index (χ1v) is 4.17. The lowest BCUT2D eigenvalue weighted by Crippen LogP contribution is -1.95. The van der Waals surface area contributed by atoms with Crippen molar-refractivity contribution in [3.8, 4) is 0 Å². The van der Waals surface area contributed by atoms with Crippen LogP contribution in [0.15, 0.2) is 0 Å². The molecular weight excluding hydrogens is 148 g/mol. The summed E-state index contributed by atoms with van der Waals surface area (Å²) in [5.41, 5.74) is 0. The van der Waals surface area contributed by atoms with Crippen LogP contribution in [-0.2, 0) is 9.37 Å². The number of rotatable bonds is 4. The minimum atomic E-state index is -0.871. The van der Waals surface area contributed by atoms with E-state index < -0.39 is 9.76 Å². The number of carbonyl (C=O) groups is 1. The molecule has 0 aromatic carbocycles. The largest absolute Gasteiger partial charge is 0.297 e. The lowest BCUT2D eigenvalue weighted by atomic mass is 10.5. The van der Waals surface area contributed by atoms with Crippen LogP contribution in [0.2, 0.25) is 6.04 Å². The second kappa shape index (κ2) is 5.24. The van der Waals surface area contributed by atoms with Crippen LogP contribution in [0.3, 0.4) is 0 Å². The zero-order valence-corrected chi connectivity index (χ0v) is 6.43. The second-order valence-corrected chi connectivity index (χ2v) is 3.09. The van der Waals surface area contributed by atoms with E-state index in [1.165, 1.54) is 0 Å². The van der Waals surface area contributed by atoms with Crippen molar-refractivity contribution in [3.05, 3.63) is 0 Å². The molecule has 0 atom stereocenters. The fourth-order valence-corrected chi connectivity index (χ4v) is 1.23. The minimum absolute atomic E-state index is 0.314. The summed E-state index contributed by atoms with van der Waals surface area (Å²) in [4.78, 5) is 9.97. The van der Waals surface area contributed by atoms with Crippen molar-refractivity contribution in [1.29, 1.82) is 0 Å². The standard InChI is InChI=1S/C3H7ClO3Si/c4-3(5)1-2-8-7-6/h6H,1-2,8H2. The van der Waals surface area contributed by atoms with Crippen LogP contribution in [0, 0.1) is 0 Å². The molecule has 0 fully saturated rings. The highest BCUT2D eigenvalue weighted by atomic mass is 35.5. The molecule has 1 N–H and O–H groups in total. The molecule has 0 aliphatic heterocycles. The number of hydrogen-bond donors (Lipinski definition) is 1. The van der Waals surface area contributed by atoms with E-state index in [2.05, 4.69) is 4.58 Å². The molecule has 0 aliphatic carbocycles. The van der Waals surface area contributed by atoms with Crippen LogP contribution in [-0.4, -0.2) is 20.3 Å². The lowest BCUT2D eigenvalue weighted by molar-refractivity contribution is -0.138. The van der Waals surface area contributed by atoms with Crippen molar-refractivity contribution in [2.75, 3.05) is 0 Å². The molecular formula is C3H7ClO3Si. The Morgan fingerprint density at radius 1 is 1.88 bits per heavy atom. The van der Waals surface area contributed by atoms with Gasteiger partial charge in [-0.15, -0.1) is 0 Å². The summed E-state index contributed by atoms with van der Waals surface area (Å²) in [6.07, 6.45) is 0.314. The summed E-state index contributed by atoms with van der Waals surface area (Å²) in [7, 11) is -0.871. The van der Waals surface area contributed by atoms with Crippen molar-refractivity contribution in [1.82, 2.24) is 0 Å². The summed E-state index contributed by atoms with van der Waals surface area (Å²) in [6, 6.07) is 0.610. The molecule has 0 radical (unpaired) electrons. The maximum atomic E-state index is 9.97. The van der Waals surface area contributed by atoms with E-state index in [0.717, 1.165) is 0 Å². The molecule has 3 nitrogen and oxygen atoms in total. The molecule has 0 spiro atoms. The molecule has 0 amide bonds. The van der Waals surface area contributed by atoms with Crippen LogP contribution in [0.5, 0.6) is 0 Å². The van der Waals surface area contributed by atoms with Crippen molar-refractivity contribution in [2.45, 2.75) is 12.5 Å². The summed E-state index contributed by atoms with van der Waals surface area (Å²) in [5, 5.41) is 7.42. The molecule has 0 heterocycles. The molecule has 0 rings (SSSR count). The van der Waals surface area contributed by atoms with Gasteiger partial charge in [0, 0.05) is 6.42 Å². The fourth-order valence-electron chi connectivity index (χ4n) is 0.276. The van der Waals surface area contributed by atoms with Crippen LogP contribution in [0.25, 0.3) is 0 Å².